The molecule has 1 amide bonds. The Morgan fingerprint density at radius 2 is 2.18 bits per heavy atom. The second kappa shape index (κ2) is 3.62. The number of hydrogen-bond donors (Lipinski definition) is 1. The highest BCUT2D eigenvalue weighted by Crippen LogP contribution is 2.36. The molecule has 1 aliphatic rings. The summed E-state index contributed by atoms with van der Waals surface area (Å²) in [6.45, 7) is 1.03. The molecule has 2 aromatic rings. The zero-order valence-electron chi connectivity index (χ0n) is 8.90. The average Bonchev–Trinajstić information content (AvgIpc) is 2.38. The topological polar surface area (TPSA) is 74.4 Å². The van der Waals surface area contributed by atoms with E-state index in [1.54, 1.807) is 12.1 Å². The molecule has 0 unspecified atom stereocenters. The molecule has 85 valence electrons. The average molecular weight is 229 g/mol. The first-order valence-electron chi connectivity index (χ1n) is 5.16. The number of primary amides is 1. The van der Waals surface area contributed by atoms with Crippen LogP contribution in [-0.2, 0) is 0 Å². The largest absolute Gasteiger partial charge is 0.486 e. The van der Waals surface area contributed by atoms with Gasteiger partial charge in [0.1, 0.15) is 18.9 Å². The predicted molar refractivity (Wildman–Crippen MR) is 60.1 cm³/mol. The molecule has 3 rings (SSSR count). The van der Waals surface area contributed by atoms with Crippen molar-refractivity contribution in [2.24, 2.45) is 5.73 Å². The number of rotatable bonds is 1. The summed E-state index contributed by atoms with van der Waals surface area (Å²) >= 11 is 0. The third-order valence-electron chi connectivity index (χ3n) is 2.53. The normalized spacial score (nSPS) is 13.6. The molecule has 17 heavy (non-hydrogen) atoms. The maximum absolute atomic E-state index is 11.0. The van der Waals surface area contributed by atoms with Crippen molar-refractivity contribution in [1.29, 1.82) is 0 Å². The van der Waals surface area contributed by atoms with Crippen molar-refractivity contribution in [3.05, 3.63) is 30.0 Å². The lowest BCUT2D eigenvalue weighted by atomic mass is 10.1. The van der Waals surface area contributed by atoms with Gasteiger partial charge in [-0.3, -0.25) is 4.79 Å². The molecule has 1 aliphatic heterocycles. The summed E-state index contributed by atoms with van der Waals surface area (Å²) in [6.07, 6.45) is 0. The minimum absolute atomic E-state index is 0.189. The SMILES string of the molecule is NC(=O)c1c[c]c2c3c(ccc2n1)OCCO3. The number of hydrogen-bond acceptors (Lipinski definition) is 4. The zero-order chi connectivity index (χ0) is 11.8. The molecule has 1 aromatic heterocycles. The molecule has 0 fully saturated rings. The van der Waals surface area contributed by atoms with E-state index in [0.717, 1.165) is 0 Å². The third-order valence-corrected chi connectivity index (χ3v) is 2.53. The maximum atomic E-state index is 11.0. The molecule has 0 bridgehead atoms. The summed E-state index contributed by atoms with van der Waals surface area (Å²) < 4.78 is 11.0. The van der Waals surface area contributed by atoms with Gasteiger partial charge in [0.2, 0.25) is 0 Å². The van der Waals surface area contributed by atoms with Gasteiger partial charge in [-0.1, -0.05) is 0 Å². The van der Waals surface area contributed by atoms with E-state index in [1.165, 1.54) is 6.07 Å². The van der Waals surface area contributed by atoms with E-state index in [-0.39, 0.29) is 5.69 Å². The Bertz CT molecular complexity index is 610. The van der Waals surface area contributed by atoms with Gasteiger partial charge in [0.05, 0.1) is 10.9 Å². The van der Waals surface area contributed by atoms with Gasteiger partial charge in [0, 0.05) is 0 Å². The fourth-order valence-corrected chi connectivity index (χ4v) is 1.77. The van der Waals surface area contributed by atoms with Crippen LogP contribution in [0, 0.1) is 6.07 Å². The summed E-state index contributed by atoms with van der Waals surface area (Å²) in [5.74, 6) is 0.726. The van der Waals surface area contributed by atoms with Crippen LogP contribution in [0.3, 0.4) is 0 Å². The van der Waals surface area contributed by atoms with Crippen molar-refractivity contribution in [2.45, 2.75) is 0 Å². The number of fused-ring (bicyclic) bond motifs is 3. The highest BCUT2D eigenvalue weighted by Gasteiger charge is 2.16. The van der Waals surface area contributed by atoms with Crippen LogP contribution in [0.1, 0.15) is 10.5 Å². The molecule has 0 aliphatic carbocycles. The molecule has 0 saturated carbocycles. The summed E-state index contributed by atoms with van der Waals surface area (Å²) in [5, 5.41) is 0.701. The number of benzene rings is 1. The third kappa shape index (κ3) is 1.56. The van der Waals surface area contributed by atoms with Crippen LogP contribution < -0.4 is 15.2 Å². The van der Waals surface area contributed by atoms with Gasteiger partial charge in [0.25, 0.3) is 5.91 Å². The lowest BCUT2D eigenvalue weighted by Gasteiger charge is -2.19. The van der Waals surface area contributed by atoms with Crippen molar-refractivity contribution in [2.75, 3.05) is 13.2 Å². The summed E-state index contributed by atoms with van der Waals surface area (Å²) in [6, 6.07) is 7.94. The first-order chi connectivity index (χ1) is 8.25. The summed E-state index contributed by atoms with van der Waals surface area (Å²) in [4.78, 5) is 15.2. The maximum Gasteiger partial charge on any atom is 0.267 e. The Balaban J connectivity index is 2.24. The first kappa shape index (κ1) is 9.89. The van der Waals surface area contributed by atoms with Crippen molar-refractivity contribution >= 4 is 16.8 Å². The number of nitrogens with zero attached hydrogens (tertiary/aromatic N) is 1. The van der Waals surface area contributed by atoms with E-state index in [4.69, 9.17) is 15.2 Å². The molecule has 1 aromatic carbocycles. The lowest BCUT2D eigenvalue weighted by molar-refractivity contribution is 0.0996. The van der Waals surface area contributed by atoms with E-state index in [9.17, 15) is 4.79 Å². The number of carbonyl (C=O) groups excluding carboxylic acids is 1. The Hall–Kier alpha value is -2.30. The molecule has 5 nitrogen and oxygen atoms in total. The lowest BCUT2D eigenvalue weighted by Crippen LogP contribution is -2.16. The van der Waals surface area contributed by atoms with Crippen LogP contribution in [0.5, 0.6) is 11.5 Å². The molecule has 5 heteroatoms. The van der Waals surface area contributed by atoms with E-state index in [1.807, 2.05) is 0 Å². The van der Waals surface area contributed by atoms with Gasteiger partial charge >= 0.3 is 0 Å². The molecule has 0 atom stereocenters. The van der Waals surface area contributed by atoms with Crippen molar-refractivity contribution in [3.63, 3.8) is 0 Å². The van der Waals surface area contributed by atoms with Gasteiger partial charge in [-0.25, -0.2) is 4.98 Å². The fraction of sp³-hybridized carbons (Fsp3) is 0.167. The van der Waals surface area contributed by atoms with Crippen LogP contribution >= 0.6 is 0 Å². The number of carbonyl (C=O) groups is 1. The molecule has 0 spiro atoms. The second-order valence-electron chi connectivity index (χ2n) is 3.63. The second-order valence-corrected chi connectivity index (χ2v) is 3.63. The number of nitrogens with two attached hydrogens (primary N) is 1. The predicted octanol–water partition coefficient (Wildman–Crippen LogP) is 0.905. The van der Waals surface area contributed by atoms with Gasteiger partial charge < -0.3 is 15.2 Å². The molecular formula is C12H9N2O3. The minimum Gasteiger partial charge on any atom is -0.486 e. The van der Waals surface area contributed by atoms with Crippen molar-refractivity contribution < 1.29 is 14.3 Å². The monoisotopic (exact) mass is 229 g/mol. The van der Waals surface area contributed by atoms with Crippen LogP contribution in [-0.4, -0.2) is 24.1 Å². The van der Waals surface area contributed by atoms with Gasteiger partial charge in [-0.15, -0.1) is 0 Å². The van der Waals surface area contributed by atoms with Gasteiger partial charge in [-0.2, -0.15) is 0 Å². The number of pyridine rings is 1. The van der Waals surface area contributed by atoms with E-state index >= 15 is 0 Å². The zero-order valence-corrected chi connectivity index (χ0v) is 8.90. The van der Waals surface area contributed by atoms with E-state index < -0.39 is 5.91 Å². The van der Waals surface area contributed by atoms with Crippen LogP contribution in [0.25, 0.3) is 10.9 Å². The molecule has 2 N–H and O–H groups in total. The molecule has 2 heterocycles. The standard InChI is InChI=1S/C12H9N2O3/c13-12(15)9-2-1-7-8(14-9)3-4-10-11(7)17-6-5-16-10/h2-4H,5-6H2,(H2,13,15). The number of amides is 1. The summed E-state index contributed by atoms with van der Waals surface area (Å²) in [5.41, 5.74) is 5.97. The van der Waals surface area contributed by atoms with E-state index in [0.29, 0.717) is 35.6 Å². The van der Waals surface area contributed by atoms with Crippen LogP contribution in [0.2, 0.25) is 0 Å². The first-order valence-corrected chi connectivity index (χ1v) is 5.16. The van der Waals surface area contributed by atoms with Crippen LogP contribution in [0.4, 0.5) is 0 Å². The number of ether oxygens (including phenoxy) is 2. The highest BCUT2D eigenvalue weighted by molar-refractivity contribution is 5.95. The number of aromatic nitrogens is 1. The van der Waals surface area contributed by atoms with Crippen molar-refractivity contribution in [1.82, 2.24) is 4.98 Å². The smallest absolute Gasteiger partial charge is 0.267 e. The Morgan fingerprint density at radius 1 is 1.35 bits per heavy atom. The van der Waals surface area contributed by atoms with Gasteiger partial charge in [-0.05, 0) is 24.3 Å². The minimum atomic E-state index is -0.571. The van der Waals surface area contributed by atoms with Gasteiger partial charge in [0.15, 0.2) is 11.5 Å². The van der Waals surface area contributed by atoms with E-state index in [2.05, 4.69) is 11.1 Å². The fourth-order valence-electron chi connectivity index (χ4n) is 1.77. The molecule has 1 radical (unpaired) electrons. The highest BCUT2D eigenvalue weighted by atomic mass is 16.6. The Morgan fingerprint density at radius 3 is 3.00 bits per heavy atom. The molecular weight excluding hydrogens is 220 g/mol. The summed E-state index contributed by atoms with van der Waals surface area (Å²) in [7, 11) is 0. The van der Waals surface area contributed by atoms with Crippen LogP contribution in [0.15, 0.2) is 18.2 Å². The molecule has 0 saturated heterocycles. The Labute approximate surface area is 97.2 Å². The Kier molecular flexibility index (Phi) is 2.11. The van der Waals surface area contributed by atoms with Crippen molar-refractivity contribution in [3.8, 4) is 11.5 Å². The quantitative estimate of drug-likeness (QED) is 0.788.